The summed E-state index contributed by atoms with van der Waals surface area (Å²) in [5.41, 5.74) is 2.48. The van der Waals surface area contributed by atoms with Gasteiger partial charge in [0.1, 0.15) is 5.75 Å². The van der Waals surface area contributed by atoms with Crippen LogP contribution in [0.4, 0.5) is 0 Å². The van der Waals surface area contributed by atoms with E-state index in [1.807, 2.05) is 30.3 Å². The highest BCUT2D eigenvalue weighted by Crippen LogP contribution is 2.11. The summed E-state index contributed by atoms with van der Waals surface area (Å²) in [6.45, 7) is 4.42. The topological polar surface area (TPSA) is 45.7 Å². The van der Waals surface area contributed by atoms with E-state index in [-0.39, 0.29) is 24.0 Å². The number of hydrogen-bond acceptors (Lipinski definition) is 2. The smallest absolute Gasteiger partial charge is 0.191 e. The van der Waals surface area contributed by atoms with Crippen LogP contribution in [-0.2, 0) is 13.0 Å². The molecule has 0 bridgehead atoms. The summed E-state index contributed by atoms with van der Waals surface area (Å²) >= 11 is 0. The Morgan fingerprint density at radius 3 is 2.29 bits per heavy atom. The van der Waals surface area contributed by atoms with Crippen LogP contribution in [0.1, 0.15) is 18.1 Å². The fourth-order valence-electron chi connectivity index (χ4n) is 2.21. The Morgan fingerprint density at radius 1 is 0.958 bits per heavy atom. The fourth-order valence-corrected chi connectivity index (χ4v) is 2.21. The van der Waals surface area contributed by atoms with E-state index < -0.39 is 0 Å². The van der Waals surface area contributed by atoms with E-state index in [1.54, 1.807) is 7.11 Å². The fraction of sp³-hybridized carbons (Fsp3) is 0.316. The Hall–Kier alpha value is -1.76. The number of guanidine groups is 1. The second kappa shape index (κ2) is 11.7. The highest BCUT2D eigenvalue weighted by molar-refractivity contribution is 14.0. The predicted octanol–water partition coefficient (Wildman–Crippen LogP) is 3.61. The summed E-state index contributed by atoms with van der Waals surface area (Å²) in [5, 5.41) is 6.65. The van der Waals surface area contributed by atoms with Gasteiger partial charge in [-0.15, -0.1) is 24.0 Å². The Kier molecular flexibility index (Phi) is 9.91. The van der Waals surface area contributed by atoms with E-state index >= 15 is 0 Å². The van der Waals surface area contributed by atoms with Gasteiger partial charge in [0.05, 0.1) is 13.7 Å². The van der Waals surface area contributed by atoms with E-state index in [9.17, 15) is 0 Å². The van der Waals surface area contributed by atoms with Crippen molar-refractivity contribution in [1.29, 1.82) is 0 Å². The molecule has 0 aliphatic rings. The largest absolute Gasteiger partial charge is 0.497 e. The number of nitrogens with one attached hydrogen (secondary N) is 2. The van der Waals surface area contributed by atoms with Crippen LogP contribution in [0.2, 0.25) is 0 Å². The molecule has 0 unspecified atom stereocenters. The minimum Gasteiger partial charge on any atom is -0.497 e. The number of rotatable bonds is 7. The second-order valence-electron chi connectivity index (χ2n) is 5.21. The van der Waals surface area contributed by atoms with Crippen LogP contribution >= 0.6 is 24.0 Å². The molecular weight excluding hydrogens is 413 g/mol. The first-order valence-corrected chi connectivity index (χ1v) is 8.01. The zero-order valence-corrected chi connectivity index (χ0v) is 16.6. The highest BCUT2D eigenvalue weighted by Gasteiger charge is 1.99. The third kappa shape index (κ3) is 7.21. The lowest BCUT2D eigenvalue weighted by atomic mass is 10.1. The molecule has 0 fully saturated rings. The number of halogens is 1. The molecule has 0 aromatic heterocycles. The Balaban J connectivity index is 0.00000288. The molecule has 0 radical (unpaired) electrons. The molecule has 0 aliphatic heterocycles. The van der Waals surface area contributed by atoms with Gasteiger partial charge in [0, 0.05) is 13.1 Å². The first-order chi connectivity index (χ1) is 11.3. The third-order valence-corrected chi connectivity index (χ3v) is 3.47. The van der Waals surface area contributed by atoms with Crippen molar-refractivity contribution in [2.75, 3.05) is 20.2 Å². The minimum atomic E-state index is 0. The molecule has 4 nitrogen and oxygen atoms in total. The van der Waals surface area contributed by atoms with Gasteiger partial charge in [-0.1, -0.05) is 42.5 Å². The summed E-state index contributed by atoms with van der Waals surface area (Å²) < 4.78 is 5.17. The number of benzene rings is 2. The molecule has 24 heavy (non-hydrogen) atoms. The highest BCUT2D eigenvalue weighted by atomic mass is 127. The lowest BCUT2D eigenvalue weighted by molar-refractivity contribution is 0.414. The quantitative estimate of drug-likeness (QED) is 0.394. The van der Waals surface area contributed by atoms with E-state index in [2.05, 4.69) is 46.8 Å². The zero-order valence-electron chi connectivity index (χ0n) is 14.3. The average molecular weight is 439 g/mol. The lowest BCUT2D eigenvalue weighted by Gasteiger charge is -2.11. The first kappa shape index (κ1) is 20.3. The molecule has 0 amide bonds. The molecule has 5 heteroatoms. The first-order valence-electron chi connectivity index (χ1n) is 8.01. The molecule has 0 saturated heterocycles. The number of aliphatic imine (C=N–C) groups is 1. The molecule has 2 aromatic rings. The maximum Gasteiger partial charge on any atom is 0.191 e. The van der Waals surface area contributed by atoms with Crippen molar-refractivity contribution in [3.05, 3.63) is 65.7 Å². The minimum absolute atomic E-state index is 0. The normalized spacial score (nSPS) is 10.7. The Morgan fingerprint density at radius 2 is 1.67 bits per heavy atom. The predicted molar refractivity (Wildman–Crippen MR) is 111 cm³/mol. The Bertz CT molecular complexity index is 600. The molecule has 0 saturated carbocycles. The molecule has 0 heterocycles. The molecule has 130 valence electrons. The van der Waals surface area contributed by atoms with Crippen LogP contribution in [0.15, 0.2) is 59.6 Å². The van der Waals surface area contributed by atoms with Crippen molar-refractivity contribution >= 4 is 29.9 Å². The SMILES string of the molecule is CCNC(=NCc1ccc(OC)cc1)NCCc1ccccc1.I. The summed E-state index contributed by atoms with van der Waals surface area (Å²) in [6, 6.07) is 18.5. The molecule has 2 rings (SSSR count). The van der Waals surface area contributed by atoms with Crippen molar-refractivity contribution in [3.63, 3.8) is 0 Å². The zero-order chi connectivity index (χ0) is 16.3. The molecule has 2 aromatic carbocycles. The van der Waals surface area contributed by atoms with Gasteiger partial charge in [-0.25, -0.2) is 4.99 Å². The van der Waals surface area contributed by atoms with Gasteiger partial charge in [0.25, 0.3) is 0 Å². The number of nitrogens with zero attached hydrogens (tertiary/aromatic N) is 1. The van der Waals surface area contributed by atoms with Gasteiger partial charge in [0.2, 0.25) is 0 Å². The Labute approximate surface area is 161 Å². The van der Waals surface area contributed by atoms with Crippen molar-refractivity contribution in [1.82, 2.24) is 10.6 Å². The summed E-state index contributed by atoms with van der Waals surface area (Å²) in [4.78, 5) is 4.62. The van der Waals surface area contributed by atoms with Gasteiger partial charge in [0.15, 0.2) is 5.96 Å². The molecule has 0 aliphatic carbocycles. The summed E-state index contributed by atoms with van der Waals surface area (Å²) in [7, 11) is 1.67. The van der Waals surface area contributed by atoms with Crippen molar-refractivity contribution in [3.8, 4) is 5.75 Å². The average Bonchev–Trinajstić information content (AvgIpc) is 2.61. The van der Waals surface area contributed by atoms with Crippen LogP contribution in [-0.4, -0.2) is 26.2 Å². The molecule has 2 N–H and O–H groups in total. The maximum absolute atomic E-state index is 5.17. The van der Waals surface area contributed by atoms with Crippen molar-refractivity contribution in [2.24, 2.45) is 4.99 Å². The number of methoxy groups -OCH3 is 1. The van der Waals surface area contributed by atoms with Gasteiger partial charge >= 0.3 is 0 Å². The standard InChI is InChI=1S/C19H25N3O.HI/c1-3-20-19(21-14-13-16-7-5-4-6-8-16)22-15-17-9-11-18(23-2)12-10-17;/h4-12H,3,13-15H2,1-2H3,(H2,20,21,22);1H. The molecular formula is C19H26IN3O. The van der Waals surface area contributed by atoms with Crippen LogP contribution in [0.25, 0.3) is 0 Å². The van der Waals surface area contributed by atoms with E-state index in [0.717, 1.165) is 36.8 Å². The molecule has 0 spiro atoms. The van der Waals surface area contributed by atoms with Gasteiger partial charge in [-0.3, -0.25) is 0 Å². The van der Waals surface area contributed by atoms with E-state index in [4.69, 9.17) is 4.74 Å². The van der Waals surface area contributed by atoms with Crippen LogP contribution in [0.3, 0.4) is 0 Å². The summed E-state index contributed by atoms with van der Waals surface area (Å²) in [6.07, 6.45) is 0.980. The van der Waals surface area contributed by atoms with Crippen molar-refractivity contribution < 1.29 is 4.74 Å². The van der Waals surface area contributed by atoms with Crippen LogP contribution in [0.5, 0.6) is 5.75 Å². The van der Waals surface area contributed by atoms with E-state index in [0.29, 0.717) is 6.54 Å². The lowest BCUT2D eigenvalue weighted by Crippen LogP contribution is -2.38. The van der Waals surface area contributed by atoms with Gasteiger partial charge in [-0.2, -0.15) is 0 Å². The maximum atomic E-state index is 5.17. The van der Waals surface area contributed by atoms with Crippen molar-refractivity contribution in [2.45, 2.75) is 19.9 Å². The van der Waals surface area contributed by atoms with Gasteiger partial charge in [-0.05, 0) is 36.6 Å². The van der Waals surface area contributed by atoms with Crippen LogP contribution in [0, 0.1) is 0 Å². The molecule has 0 atom stereocenters. The summed E-state index contributed by atoms with van der Waals surface area (Å²) in [5.74, 6) is 1.71. The van der Waals surface area contributed by atoms with E-state index in [1.165, 1.54) is 5.56 Å². The van der Waals surface area contributed by atoms with Gasteiger partial charge < -0.3 is 15.4 Å². The van der Waals surface area contributed by atoms with Crippen LogP contribution < -0.4 is 15.4 Å². The number of ether oxygens (including phenoxy) is 1. The number of hydrogen-bond donors (Lipinski definition) is 2. The second-order valence-corrected chi connectivity index (χ2v) is 5.21. The monoisotopic (exact) mass is 439 g/mol. The third-order valence-electron chi connectivity index (χ3n) is 3.47.